The van der Waals surface area contributed by atoms with Gasteiger partial charge in [0.25, 0.3) is 0 Å². The lowest BCUT2D eigenvalue weighted by molar-refractivity contribution is 0.0488. The predicted octanol–water partition coefficient (Wildman–Crippen LogP) is 2.89. The molecular weight excluding hydrogens is 280 g/mol. The first-order valence-electron chi connectivity index (χ1n) is 9.09. The van der Waals surface area contributed by atoms with Gasteiger partial charge in [0.15, 0.2) is 0 Å². The quantitative estimate of drug-likeness (QED) is 0.509. The number of likely N-dealkylation sites (tertiary alicyclic amines) is 2. The molecule has 0 unspecified atom stereocenters. The number of rotatable bonds is 8. The van der Waals surface area contributed by atoms with E-state index >= 15 is 0 Å². The summed E-state index contributed by atoms with van der Waals surface area (Å²) in [6.07, 6.45) is 9.25. The number of hydrogen-bond donors (Lipinski definition) is 0. The van der Waals surface area contributed by atoms with Gasteiger partial charge in [-0.1, -0.05) is 12.8 Å². The summed E-state index contributed by atoms with van der Waals surface area (Å²) in [6, 6.07) is 0. The molecule has 0 radical (unpaired) electrons. The molecule has 2 saturated heterocycles. The minimum Gasteiger partial charge on any atom is -0.434 e. The number of carbonyl (C=O) groups excluding carboxylic acids is 1. The second-order valence-electron chi connectivity index (χ2n) is 6.46. The van der Waals surface area contributed by atoms with Crippen LogP contribution < -0.4 is 0 Å². The van der Waals surface area contributed by atoms with E-state index in [4.69, 9.17) is 9.47 Å². The van der Waals surface area contributed by atoms with Crippen molar-refractivity contribution >= 4 is 6.16 Å². The third-order valence-electron chi connectivity index (χ3n) is 4.57. The van der Waals surface area contributed by atoms with E-state index in [1.165, 1.54) is 64.7 Å². The first-order valence-corrected chi connectivity index (χ1v) is 9.09. The average Bonchev–Trinajstić information content (AvgIpc) is 2.57. The molecule has 2 heterocycles. The van der Waals surface area contributed by atoms with Gasteiger partial charge in [0.05, 0.1) is 13.2 Å². The number of carbonyl (C=O) groups is 1. The molecule has 0 spiro atoms. The Bertz CT molecular complexity index is 272. The monoisotopic (exact) mass is 312 g/mol. The molecule has 0 saturated carbocycles. The van der Waals surface area contributed by atoms with E-state index in [1.54, 1.807) is 0 Å². The van der Waals surface area contributed by atoms with Gasteiger partial charge in [0.2, 0.25) is 0 Å². The highest BCUT2D eigenvalue weighted by molar-refractivity contribution is 5.59. The molecule has 5 nitrogen and oxygen atoms in total. The topological polar surface area (TPSA) is 42.0 Å². The van der Waals surface area contributed by atoms with Crippen molar-refractivity contribution in [3.05, 3.63) is 0 Å². The molecule has 0 aromatic carbocycles. The van der Waals surface area contributed by atoms with Crippen LogP contribution in [0.1, 0.15) is 51.4 Å². The van der Waals surface area contributed by atoms with E-state index in [-0.39, 0.29) is 0 Å². The van der Waals surface area contributed by atoms with Crippen molar-refractivity contribution in [3.8, 4) is 0 Å². The molecule has 2 rings (SSSR count). The minimum absolute atomic E-state index is 0.474. The zero-order chi connectivity index (χ0) is 15.5. The van der Waals surface area contributed by atoms with Gasteiger partial charge < -0.3 is 19.3 Å². The van der Waals surface area contributed by atoms with Crippen molar-refractivity contribution in [2.75, 3.05) is 52.5 Å². The van der Waals surface area contributed by atoms with Gasteiger partial charge in [-0.3, -0.25) is 0 Å². The fourth-order valence-electron chi connectivity index (χ4n) is 3.29. The van der Waals surface area contributed by atoms with Crippen LogP contribution in [0.5, 0.6) is 0 Å². The number of piperidine rings is 2. The molecule has 0 atom stereocenters. The molecule has 22 heavy (non-hydrogen) atoms. The maximum Gasteiger partial charge on any atom is 0.508 e. The SMILES string of the molecule is O=C(OCCCN1CCCCC1)OCCCN1CCCCC1. The molecule has 5 heteroatoms. The van der Waals surface area contributed by atoms with E-state index in [0.29, 0.717) is 13.2 Å². The van der Waals surface area contributed by atoms with Gasteiger partial charge in [0, 0.05) is 13.1 Å². The molecule has 2 aliphatic rings. The van der Waals surface area contributed by atoms with Crippen LogP contribution in [0.25, 0.3) is 0 Å². The fourth-order valence-corrected chi connectivity index (χ4v) is 3.29. The largest absolute Gasteiger partial charge is 0.508 e. The van der Waals surface area contributed by atoms with Crippen LogP contribution in [0.4, 0.5) is 4.79 Å². The molecule has 0 aromatic heterocycles. The predicted molar refractivity (Wildman–Crippen MR) is 87.1 cm³/mol. The Labute approximate surface area is 134 Å². The van der Waals surface area contributed by atoms with E-state index in [1.807, 2.05) is 0 Å². The molecule has 0 aromatic rings. The van der Waals surface area contributed by atoms with Gasteiger partial charge >= 0.3 is 6.16 Å². The van der Waals surface area contributed by atoms with E-state index in [2.05, 4.69) is 9.80 Å². The highest BCUT2D eigenvalue weighted by Crippen LogP contribution is 2.09. The summed E-state index contributed by atoms with van der Waals surface area (Å²) in [7, 11) is 0. The maximum atomic E-state index is 11.5. The van der Waals surface area contributed by atoms with E-state index in [0.717, 1.165) is 25.9 Å². The standard InChI is InChI=1S/C17H32N2O3/c20-17(21-15-7-13-18-9-3-1-4-10-18)22-16-8-14-19-11-5-2-6-12-19/h1-16H2. The smallest absolute Gasteiger partial charge is 0.434 e. The van der Waals surface area contributed by atoms with Crippen molar-refractivity contribution in [1.29, 1.82) is 0 Å². The van der Waals surface area contributed by atoms with Gasteiger partial charge in [-0.15, -0.1) is 0 Å². The zero-order valence-corrected chi connectivity index (χ0v) is 13.9. The lowest BCUT2D eigenvalue weighted by Crippen LogP contribution is -2.31. The third-order valence-corrected chi connectivity index (χ3v) is 4.57. The van der Waals surface area contributed by atoms with Gasteiger partial charge in [-0.25, -0.2) is 4.79 Å². The van der Waals surface area contributed by atoms with Crippen LogP contribution in [0.2, 0.25) is 0 Å². The van der Waals surface area contributed by atoms with Crippen molar-refractivity contribution in [2.45, 2.75) is 51.4 Å². The lowest BCUT2D eigenvalue weighted by Gasteiger charge is -2.26. The fraction of sp³-hybridized carbons (Fsp3) is 0.941. The number of nitrogens with zero attached hydrogens (tertiary/aromatic N) is 2. The first-order chi connectivity index (χ1) is 10.8. The molecule has 0 bridgehead atoms. The second-order valence-corrected chi connectivity index (χ2v) is 6.46. The van der Waals surface area contributed by atoms with E-state index in [9.17, 15) is 4.79 Å². The van der Waals surface area contributed by atoms with Crippen LogP contribution in [0.15, 0.2) is 0 Å². The van der Waals surface area contributed by atoms with E-state index < -0.39 is 6.16 Å². The maximum absolute atomic E-state index is 11.5. The normalized spacial score (nSPS) is 20.7. The first kappa shape index (κ1) is 17.5. The molecule has 0 N–H and O–H groups in total. The van der Waals surface area contributed by atoms with Crippen LogP contribution >= 0.6 is 0 Å². The Morgan fingerprint density at radius 2 is 1.09 bits per heavy atom. The average molecular weight is 312 g/mol. The van der Waals surface area contributed by atoms with Crippen molar-refractivity contribution in [2.24, 2.45) is 0 Å². The zero-order valence-electron chi connectivity index (χ0n) is 13.9. The molecular formula is C17H32N2O3. The highest BCUT2D eigenvalue weighted by atomic mass is 16.7. The number of hydrogen-bond acceptors (Lipinski definition) is 5. The number of ether oxygens (including phenoxy) is 2. The summed E-state index contributed by atoms with van der Waals surface area (Å²) in [6.45, 7) is 7.79. The van der Waals surface area contributed by atoms with Crippen molar-refractivity contribution in [1.82, 2.24) is 9.80 Å². The van der Waals surface area contributed by atoms with Gasteiger partial charge in [-0.05, 0) is 64.7 Å². The molecule has 128 valence electrons. The van der Waals surface area contributed by atoms with Gasteiger partial charge in [-0.2, -0.15) is 0 Å². The molecule has 0 amide bonds. The van der Waals surface area contributed by atoms with Crippen molar-refractivity contribution < 1.29 is 14.3 Å². The van der Waals surface area contributed by atoms with Crippen molar-refractivity contribution in [3.63, 3.8) is 0 Å². The van der Waals surface area contributed by atoms with Crippen LogP contribution in [0.3, 0.4) is 0 Å². The Kier molecular flexibility index (Phi) is 8.64. The highest BCUT2D eigenvalue weighted by Gasteiger charge is 2.11. The molecule has 0 aliphatic carbocycles. The summed E-state index contributed by atoms with van der Waals surface area (Å²) in [5.41, 5.74) is 0. The summed E-state index contributed by atoms with van der Waals surface area (Å²) >= 11 is 0. The third kappa shape index (κ3) is 7.45. The molecule has 2 aliphatic heterocycles. The Hall–Kier alpha value is -0.810. The van der Waals surface area contributed by atoms with Crippen LogP contribution in [-0.4, -0.2) is 68.4 Å². The Morgan fingerprint density at radius 3 is 1.50 bits per heavy atom. The summed E-state index contributed by atoms with van der Waals surface area (Å²) < 4.78 is 10.2. The molecule has 2 fully saturated rings. The minimum atomic E-state index is -0.503. The lowest BCUT2D eigenvalue weighted by atomic mass is 10.1. The van der Waals surface area contributed by atoms with Crippen LogP contribution in [-0.2, 0) is 9.47 Å². The second kappa shape index (κ2) is 10.8. The summed E-state index contributed by atoms with van der Waals surface area (Å²) in [5.74, 6) is 0. The summed E-state index contributed by atoms with van der Waals surface area (Å²) in [4.78, 5) is 16.4. The van der Waals surface area contributed by atoms with Gasteiger partial charge in [0.1, 0.15) is 0 Å². The summed E-state index contributed by atoms with van der Waals surface area (Å²) in [5, 5.41) is 0. The Morgan fingerprint density at radius 1 is 0.682 bits per heavy atom. The Balaban J connectivity index is 1.39. The van der Waals surface area contributed by atoms with Crippen LogP contribution in [0, 0.1) is 0 Å².